The van der Waals surface area contributed by atoms with Gasteiger partial charge in [-0.2, -0.15) is 20.1 Å². The molecule has 90 valence electrons. The van der Waals surface area contributed by atoms with Crippen LogP contribution in [0.3, 0.4) is 0 Å². The normalized spacial score (nSPS) is 10.8. The monoisotopic (exact) mass is 272 g/mol. The van der Waals surface area contributed by atoms with E-state index in [1.54, 1.807) is 0 Å². The van der Waals surface area contributed by atoms with Crippen LogP contribution >= 0.6 is 23.4 Å². The minimum absolute atomic E-state index is 0.0309. The quantitative estimate of drug-likeness (QED) is 0.904. The summed E-state index contributed by atoms with van der Waals surface area (Å²) in [6.45, 7) is 3.75. The Hall–Kier alpha value is -1.41. The van der Waals surface area contributed by atoms with Gasteiger partial charge in [0.25, 0.3) is 0 Å². The molecule has 0 saturated heterocycles. The minimum atomic E-state index is -0.0309. The average molecular weight is 273 g/mol. The van der Waals surface area contributed by atoms with Gasteiger partial charge in [-0.25, -0.2) is 4.98 Å². The number of rotatable bonds is 4. The fourth-order valence-electron chi connectivity index (χ4n) is 0.954. The highest BCUT2D eigenvalue weighted by Crippen LogP contribution is 2.22. The lowest BCUT2D eigenvalue weighted by atomic mass is 10.5. The van der Waals surface area contributed by atoms with E-state index in [4.69, 9.17) is 16.3 Å². The van der Waals surface area contributed by atoms with Crippen molar-refractivity contribution in [3.8, 4) is 6.01 Å². The molecule has 0 aromatic carbocycles. The van der Waals surface area contributed by atoms with E-state index in [1.807, 2.05) is 13.8 Å². The van der Waals surface area contributed by atoms with E-state index in [2.05, 4.69) is 30.1 Å². The Balaban J connectivity index is 2.19. The lowest BCUT2D eigenvalue weighted by Gasteiger charge is -2.07. The number of H-pyrrole nitrogens is 1. The van der Waals surface area contributed by atoms with Crippen molar-refractivity contribution in [1.29, 1.82) is 0 Å². The van der Waals surface area contributed by atoms with Gasteiger partial charge in [0.2, 0.25) is 10.4 Å². The number of aromatic amines is 1. The van der Waals surface area contributed by atoms with Crippen molar-refractivity contribution in [2.24, 2.45) is 0 Å². The second kappa shape index (κ2) is 5.28. The molecule has 9 heteroatoms. The lowest BCUT2D eigenvalue weighted by molar-refractivity contribution is 0.219. The zero-order chi connectivity index (χ0) is 12.3. The molecular weight excluding hydrogens is 264 g/mol. The summed E-state index contributed by atoms with van der Waals surface area (Å²) in [5.41, 5.74) is 0. The third kappa shape index (κ3) is 3.53. The van der Waals surface area contributed by atoms with Crippen LogP contribution in [-0.4, -0.2) is 36.2 Å². The van der Waals surface area contributed by atoms with Gasteiger partial charge in [0, 0.05) is 0 Å². The molecule has 0 fully saturated rings. The van der Waals surface area contributed by atoms with Crippen LogP contribution in [0.5, 0.6) is 6.01 Å². The van der Waals surface area contributed by atoms with E-state index in [0.717, 1.165) is 0 Å². The molecule has 0 spiro atoms. The highest BCUT2D eigenvalue weighted by molar-refractivity contribution is 7.99. The minimum Gasteiger partial charge on any atom is -0.461 e. The number of nitrogens with one attached hydrogen (secondary N) is 1. The molecule has 0 bridgehead atoms. The number of nitrogens with zero attached hydrogens (tertiary/aromatic N) is 5. The molecule has 1 N–H and O–H groups in total. The fourth-order valence-corrected chi connectivity index (χ4v) is 1.78. The van der Waals surface area contributed by atoms with Crippen molar-refractivity contribution >= 4 is 23.4 Å². The molecule has 0 radical (unpaired) electrons. The molecule has 0 amide bonds. The van der Waals surface area contributed by atoms with Crippen molar-refractivity contribution < 1.29 is 4.74 Å². The van der Waals surface area contributed by atoms with Gasteiger partial charge in [0.1, 0.15) is 6.33 Å². The first-order valence-electron chi connectivity index (χ1n) is 4.75. The highest BCUT2D eigenvalue weighted by Gasteiger charge is 2.10. The summed E-state index contributed by atoms with van der Waals surface area (Å²) >= 11 is 6.97. The molecular formula is C8H9ClN6OS. The molecule has 0 saturated carbocycles. The number of halogens is 1. The van der Waals surface area contributed by atoms with Gasteiger partial charge in [-0.05, 0) is 37.2 Å². The summed E-state index contributed by atoms with van der Waals surface area (Å²) in [5.74, 6) is 0. The van der Waals surface area contributed by atoms with E-state index >= 15 is 0 Å². The molecule has 0 atom stereocenters. The summed E-state index contributed by atoms with van der Waals surface area (Å²) < 4.78 is 5.35. The summed E-state index contributed by atoms with van der Waals surface area (Å²) in [6, 6.07) is 0.196. The van der Waals surface area contributed by atoms with Crippen molar-refractivity contribution in [2.75, 3.05) is 0 Å². The first-order valence-corrected chi connectivity index (χ1v) is 5.94. The summed E-state index contributed by atoms with van der Waals surface area (Å²) in [7, 11) is 0. The molecule has 2 aromatic rings. The Labute approximate surface area is 106 Å². The van der Waals surface area contributed by atoms with Crippen LogP contribution in [0.2, 0.25) is 5.28 Å². The van der Waals surface area contributed by atoms with Gasteiger partial charge in [0.05, 0.1) is 6.10 Å². The van der Waals surface area contributed by atoms with Crippen LogP contribution in [-0.2, 0) is 0 Å². The average Bonchev–Trinajstić information content (AvgIpc) is 2.67. The summed E-state index contributed by atoms with van der Waals surface area (Å²) in [6.07, 6.45) is 1.37. The largest absolute Gasteiger partial charge is 0.461 e. The van der Waals surface area contributed by atoms with Crippen LogP contribution < -0.4 is 4.74 Å². The van der Waals surface area contributed by atoms with Crippen molar-refractivity contribution in [1.82, 2.24) is 30.1 Å². The maximum atomic E-state index is 5.77. The number of aromatic nitrogens is 6. The zero-order valence-corrected chi connectivity index (χ0v) is 10.7. The van der Waals surface area contributed by atoms with Crippen LogP contribution in [0.25, 0.3) is 0 Å². The van der Waals surface area contributed by atoms with Crippen molar-refractivity contribution in [2.45, 2.75) is 30.3 Å². The number of hydrogen-bond donors (Lipinski definition) is 1. The second-order valence-corrected chi connectivity index (χ2v) is 4.52. The van der Waals surface area contributed by atoms with E-state index in [0.29, 0.717) is 10.3 Å². The molecule has 17 heavy (non-hydrogen) atoms. The standard InChI is InChI=1S/C8H9ClN6OS/c1-4(2)16-6-12-5(9)13-8(14-6)17-7-10-3-11-15-7/h3-4H,1-2H3,(H,10,11,15). The SMILES string of the molecule is CC(C)Oc1nc(Cl)nc(Sc2ncn[nH]2)n1. The van der Waals surface area contributed by atoms with Gasteiger partial charge in [-0.1, -0.05) is 0 Å². The van der Waals surface area contributed by atoms with Crippen LogP contribution in [0.1, 0.15) is 13.8 Å². The van der Waals surface area contributed by atoms with E-state index in [-0.39, 0.29) is 17.4 Å². The fraction of sp³-hybridized carbons (Fsp3) is 0.375. The Morgan fingerprint density at radius 3 is 2.82 bits per heavy atom. The van der Waals surface area contributed by atoms with E-state index < -0.39 is 0 Å². The Kier molecular flexibility index (Phi) is 3.75. The maximum Gasteiger partial charge on any atom is 0.322 e. The Morgan fingerprint density at radius 1 is 1.35 bits per heavy atom. The van der Waals surface area contributed by atoms with Gasteiger partial charge in [-0.15, -0.1) is 0 Å². The number of ether oxygens (including phenoxy) is 1. The third-order valence-corrected chi connectivity index (χ3v) is 2.41. The summed E-state index contributed by atoms with van der Waals surface area (Å²) in [5, 5.41) is 7.46. The molecule has 0 aliphatic heterocycles. The zero-order valence-electron chi connectivity index (χ0n) is 9.09. The third-order valence-electron chi connectivity index (χ3n) is 1.49. The molecule has 2 heterocycles. The molecule has 2 aromatic heterocycles. The van der Waals surface area contributed by atoms with Gasteiger partial charge in [0.15, 0.2) is 5.16 Å². The molecule has 7 nitrogen and oxygen atoms in total. The van der Waals surface area contributed by atoms with E-state index in [9.17, 15) is 0 Å². The smallest absolute Gasteiger partial charge is 0.322 e. The molecule has 2 rings (SSSR count). The first-order chi connectivity index (χ1) is 8.13. The molecule has 0 unspecified atom stereocenters. The molecule has 0 aliphatic rings. The Morgan fingerprint density at radius 2 is 2.18 bits per heavy atom. The Bertz CT molecular complexity index is 491. The van der Waals surface area contributed by atoms with Crippen molar-refractivity contribution in [3.63, 3.8) is 0 Å². The highest BCUT2D eigenvalue weighted by atomic mass is 35.5. The topological polar surface area (TPSA) is 89.5 Å². The summed E-state index contributed by atoms with van der Waals surface area (Å²) in [4.78, 5) is 15.9. The van der Waals surface area contributed by atoms with Gasteiger partial charge in [-0.3, -0.25) is 5.10 Å². The predicted molar refractivity (Wildman–Crippen MR) is 61.1 cm³/mol. The van der Waals surface area contributed by atoms with Gasteiger partial charge < -0.3 is 4.74 Å². The lowest BCUT2D eigenvalue weighted by Crippen LogP contribution is -2.09. The first kappa shape index (κ1) is 12.1. The molecule has 0 aliphatic carbocycles. The van der Waals surface area contributed by atoms with Crippen LogP contribution in [0.15, 0.2) is 16.6 Å². The maximum absolute atomic E-state index is 5.77. The number of hydrogen-bond acceptors (Lipinski definition) is 7. The van der Waals surface area contributed by atoms with E-state index in [1.165, 1.54) is 18.1 Å². The van der Waals surface area contributed by atoms with Crippen LogP contribution in [0.4, 0.5) is 0 Å². The second-order valence-electron chi connectivity index (χ2n) is 3.23. The van der Waals surface area contributed by atoms with Crippen molar-refractivity contribution in [3.05, 3.63) is 11.6 Å². The van der Waals surface area contributed by atoms with Crippen LogP contribution in [0, 0.1) is 0 Å². The predicted octanol–water partition coefficient (Wildman–Crippen LogP) is 1.58. The van der Waals surface area contributed by atoms with Gasteiger partial charge >= 0.3 is 6.01 Å².